The molecule has 0 aliphatic carbocycles. The number of carbonyl (C=O) groups excluding carboxylic acids is 3. The highest BCUT2D eigenvalue weighted by molar-refractivity contribution is 6.05. The minimum absolute atomic E-state index is 0.0609. The quantitative estimate of drug-likeness (QED) is 0.0658. The summed E-state index contributed by atoms with van der Waals surface area (Å²) in [7, 11) is 0. The van der Waals surface area contributed by atoms with E-state index in [4.69, 9.17) is 9.47 Å². The lowest BCUT2D eigenvalue weighted by Crippen LogP contribution is -2.70. The van der Waals surface area contributed by atoms with Gasteiger partial charge in [0.1, 0.15) is 11.4 Å². The van der Waals surface area contributed by atoms with Gasteiger partial charge in [-0.1, -0.05) is 39.8 Å². The van der Waals surface area contributed by atoms with Crippen molar-refractivity contribution in [2.24, 2.45) is 17.3 Å². The van der Waals surface area contributed by atoms with Crippen LogP contribution in [0, 0.1) is 17.3 Å². The van der Waals surface area contributed by atoms with Gasteiger partial charge in [-0.2, -0.15) is 57.1 Å². The molecule has 1 heterocycles. The maximum absolute atomic E-state index is 14.2. The Bertz CT molecular complexity index is 1410. The van der Waals surface area contributed by atoms with Gasteiger partial charge in [-0.05, 0) is 69.1 Å². The molecule has 1 fully saturated rings. The molecule has 2 amide bonds. The molecule has 6 nitrogen and oxygen atoms in total. The Balaban J connectivity index is 2.16. The zero-order chi connectivity index (χ0) is 40.0. The molecule has 19 heteroatoms. The molecule has 292 valence electrons. The van der Waals surface area contributed by atoms with Crippen LogP contribution in [0.5, 0.6) is 5.75 Å². The summed E-state index contributed by atoms with van der Waals surface area (Å²) >= 11 is 0. The number of halogens is 13. The standard InChI is InChI=1S/C32H38F13NO5/c1-17(18-10-12-19(13-11-18)50-24(49)51-26(5,6)7)16-20-21(25(2,3)4)23(48)46(22(20)47)15-9-8-14-27(33,34)28(35,36)29(37,38)30(39,40)31(41,42)32(43,44)45/h10-13,17,20-21H,8-9,14-16H2,1-7H3. The fourth-order valence-corrected chi connectivity index (χ4v) is 5.55. The van der Waals surface area contributed by atoms with Crippen LogP contribution in [-0.2, 0) is 14.3 Å². The van der Waals surface area contributed by atoms with Gasteiger partial charge in [0, 0.05) is 13.0 Å². The summed E-state index contributed by atoms with van der Waals surface area (Å²) in [6.45, 7) is 10.8. The summed E-state index contributed by atoms with van der Waals surface area (Å²) in [6.07, 6.45) is -12.8. The normalized spacial score (nSPS) is 19.4. The molecule has 1 saturated heterocycles. The number of amides is 2. The summed E-state index contributed by atoms with van der Waals surface area (Å²) in [4.78, 5) is 39.3. The zero-order valence-corrected chi connectivity index (χ0v) is 28.5. The second-order valence-corrected chi connectivity index (χ2v) is 14.5. The van der Waals surface area contributed by atoms with E-state index in [0.717, 1.165) is 0 Å². The number of carbonyl (C=O) groups is 3. The molecule has 0 aromatic heterocycles. The monoisotopic (exact) mass is 763 g/mol. The number of nitrogens with zero attached hydrogens (tertiary/aromatic N) is 1. The van der Waals surface area contributed by atoms with Crippen molar-refractivity contribution in [3.63, 3.8) is 0 Å². The molecule has 1 aliphatic rings. The van der Waals surface area contributed by atoms with Crippen LogP contribution in [0.2, 0.25) is 0 Å². The van der Waals surface area contributed by atoms with Gasteiger partial charge in [-0.25, -0.2) is 4.79 Å². The summed E-state index contributed by atoms with van der Waals surface area (Å²) in [6, 6.07) is 6.11. The van der Waals surface area contributed by atoms with Gasteiger partial charge < -0.3 is 9.47 Å². The number of unbranched alkanes of at least 4 members (excludes halogenated alkanes) is 1. The average Bonchev–Trinajstić information content (AvgIpc) is 3.17. The third kappa shape index (κ3) is 8.86. The number of imide groups is 1. The second-order valence-electron chi connectivity index (χ2n) is 14.5. The summed E-state index contributed by atoms with van der Waals surface area (Å²) in [5.74, 6) is -41.1. The smallest absolute Gasteiger partial charge is 0.428 e. The second kappa shape index (κ2) is 14.3. The molecule has 1 aromatic rings. The predicted octanol–water partition coefficient (Wildman–Crippen LogP) is 10.1. The third-order valence-corrected chi connectivity index (χ3v) is 8.22. The van der Waals surface area contributed by atoms with Crippen molar-refractivity contribution in [2.45, 2.75) is 121 Å². The average molecular weight is 764 g/mol. The first-order valence-electron chi connectivity index (χ1n) is 15.5. The fourth-order valence-electron chi connectivity index (χ4n) is 5.55. The molecule has 0 radical (unpaired) electrons. The van der Waals surface area contributed by atoms with E-state index in [1.165, 1.54) is 12.1 Å². The van der Waals surface area contributed by atoms with Crippen LogP contribution in [0.15, 0.2) is 24.3 Å². The highest BCUT2D eigenvalue weighted by Gasteiger charge is 2.90. The van der Waals surface area contributed by atoms with Crippen molar-refractivity contribution in [3.05, 3.63) is 29.8 Å². The zero-order valence-electron chi connectivity index (χ0n) is 28.5. The number of alkyl halides is 13. The molecule has 1 aromatic carbocycles. The minimum Gasteiger partial charge on any atom is -0.428 e. The first-order chi connectivity index (χ1) is 22.6. The van der Waals surface area contributed by atoms with E-state index in [0.29, 0.717) is 10.5 Å². The number of hydrogen-bond acceptors (Lipinski definition) is 5. The number of ether oxygens (including phenoxy) is 2. The maximum Gasteiger partial charge on any atom is 0.514 e. The lowest BCUT2D eigenvalue weighted by Gasteiger charge is -2.39. The van der Waals surface area contributed by atoms with E-state index in [9.17, 15) is 71.5 Å². The lowest BCUT2D eigenvalue weighted by atomic mass is 9.71. The summed E-state index contributed by atoms with van der Waals surface area (Å²) < 4.78 is 185. The van der Waals surface area contributed by atoms with Crippen molar-refractivity contribution in [1.29, 1.82) is 0 Å². The lowest BCUT2D eigenvalue weighted by molar-refractivity contribution is -0.440. The molecular weight excluding hydrogens is 725 g/mol. The van der Waals surface area contributed by atoms with Gasteiger partial charge in [0.15, 0.2) is 0 Å². The molecule has 0 saturated carbocycles. The van der Waals surface area contributed by atoms with Crippen LogP contribution in [0.25, 0.3) is 0 Å². The van der Waals surface area contributed by atoms with E-state index in [2.05, 4.69) is 0 Å². The van der Waals surface area contributed by atoms with Crippen LogP contribution in [0.4, 0.5) is 61.9 Å². The summed E-state index contributed by atoms with van der Waals surface area (Å²) in [5, 5.41) is 0. The Hall–Kier alpha value is -3.28. The molecule has 3 unspecified atom stereocenters. The molecule has 0 bridgehead atoms. The van der Waals surface area contributed by atoms with Crippen LogP contribution in [0.1, 0.15) is 85.6 Å². The first kappa shape index (κ1) is 43.9. The van der Waals surface area contributed by atoms with Gasteiger partial charge in [0.25, 0.3) is 0 Å². The number of benzene rings is 1. The van der Waals surface area contributed by atoms with E-state index in [-0.39, 0.29) is 12.2 Å². The first-order valence-corrected chi connectivity index (χ1v) is 15.5. The van der Waals surface area contributed by atoms with Gasteiger partial charge in [-0.15, -0.1) is 0 Å². The Kier molecular flexibility index (Phi) is 12.3. The van der Waals surface area contributed by atoms with E-state index >= 15 is 0 Å². The minimum atomic E-state index is -7.98. The van der Waals surface area contributed by atoms with Gasteiger partial charge in [0.05, 0.1) is 11.8 Å². The number of rotatable bonds is 13. The Morgan fingerprint density at radius 3 is 1.67 bits per heavy atom. The topological polar surface area (TPSA) is 72.9 Å². The van der Waals surface area contributed by atoms with Gasteiger partial charge >= 0.3 is 41.9 Å². The summed E-state index contributed by atoms with van der Waals surface area (Å²) in [5.41, 5.74) is -1.02. The van der Waals surface area contributed by atoms with Crippen molar-refractivity contribution in [1.82, 2.24) is 4.90 Å². The molecule has 51 heavy (non-hydrogen) atoms. The van der Waals surface area contributed by atoms with Crippen molar-refractivity contribution in [3.8, 4) is 5.75 Å². The van der Waals surface area contributed by atoms with Crippen LogP contribution >= 0.6 is 0 Å². The molecule has 0 N–H and O–H groups in total. The third-order valence-electron chi connectivity index (χ3n) is 8.22. The molecular formula is C32H38F13NO5. The van der Waals surface area contributed by atoms with E-state index in [1.807, 2.05) is 0 Å². The maximum atomic E-state index is 14.2. The number of likely N-dealkylation sites (tertiary alicyclic amines) is 1. The number of hydrogen-bond donors (Lipinski definition) is 0. The Morgan fingerprint density at radius 2 is 1.22 bits per heavy atom. The van der Waals surface area contributed by atoms with Gasteiger partial charge in [0.2, 0.25) is 11.8 Å². The van der Waals surface area contributed by atoms with E-state index in [1.54, 1.807) is 60.6 Å². The van der Waals surface area contributed by atoms with Crippen molar-refractivity contribution < 1.29 is 80.9 Å². The predicted molar refractivity (Wildman–Crippen MR) is 154 cm³/mol. The van der Waals surface area contributed by atoms with Crippen LogP contribution < -0.4 is 4.74 Å². The highest BCUT2D eigenvalue weighted by Crippen LogP contribution is 2.61. The molecule has 3 atom stereocenters. The molecule has 1 aliphatic heterocycles. The molecule has 2 rings (SSSR count). The highest BCUT2D eigenvalue weighted by atomic mass is 19.4. The van der Waals surface area contributed by atoms with E-state index < -0.39 is 108 Å². The van der Waals surface area contributed by atoms with Crippen LogP contribution in [0.3, 0.4) is 0 Å². The SMILES string of the molecule is CC(CC1C(=O)N(CCCCC(F)(F)C(F)(F)C(F)(F)C(F)(F)C(F)(F)C(F)(F)F)C(=O)C1C(C)(C)C)c1ccc(OC(=O)OC(C)(C)C)cc1. The molecule has 0 spiro atoms. The van der Waals surface area contributed by atoms with Crippen molar-refractivity contribution in [2.75, 3.05) is 6.54 Å². The largest absolute Gasteiger partial charge is 0.514 e. The Labute approximate surface area is 285 Å². The Morgan fingerprint density at radius 1 is 0.725 bits per heavy atom. The van der Waals surface area contributed by atoms with Gasteiger partial charge in [-0.3, -0.25) is 14.5 Å². The van der Waals surface area contributed by atoms with Crippen molar-refractivity contribution >= 4 is 18.0 Å². The fraction of sp³-hybridized carbons (Fsp3) is 0.719. The van der Waals surface area contributed by atoms with Crippen LogP contribution in [-0.4, -0.2) is 70.8 Å².